The number of aromatic hydroxyl groups is 1. The zero-order valence-electron chi connectivity index (χ0n) is 11.3. The van der Waals surface area contributed by atoms with Crippen molar-refractivity contribution in [2.24, 2.45) is 0 Å². The zero-order chi connectivity index (χ0) is 15.0. The number of carbonyl (C=O) groups is 1. The van der Waals surface area contributed by atoms with E-state index >= 15 is 0 Å². The molecule has 0 aliphatic heterocycles. The topological polar surface area (TPSA) is 79.4 Å². The van der Waals surface area contributed by atoms with Gasteiger partial charge >= 0.3 is 5.97 Å². The van der Waals surface area contributed by atoms with Gasteiger partial charge in [-0.2, -0.15) is 0 Å². The summed E-state index contributed by atoms with van der Waals surface area (Å²) in [7, 11) is 0. The highest BCUT2D eigenvalue weighted by molar-refractivity contribution is 6.37. The number of H-pyrrole nitrogens is 1. The Morgan fingerprint density at radius 2 is 2.05 bits per heavy atom. The van der Waals surface area contributed by atoms with Crippen molar-refractivity contribution in [1.82, 2.24) is 4.98 Å². The number of halogens is 1. The van der Waals surface area contributed by atoms with E-state index in [9.17, 15) is 14.7 Å². The van der Waals surface area contributed by atoms with Crippen LogP contribution in [-0.4, -0.2) is 22.2 Å². The van der Waals surface area contributed by atoms with Crippen molar-refractivity contribution in [3.63, 3.8) is 0 Å². The van der Waals surface area contributed by atoms with Gasteiger partial charge in [0.15, 0.2) is 5.56 Å². The van der Waals surface area contributed by atoms with Gasteiger partial charge in [-0.1, -0.05) is 17.7 Å². The molecular weight excluding hydrogens is 282 g/mol. The first-order valence-corrected chi connectivity index (χ1v) is 6.45. The Hall–Kier alpha value is -2.01. The highest BCUT2D eigenvalue weighted by atomic mass is 35.5. The van der Waals surface area contributed by atoms with Gasteiger partial charge in [-0.05, 0) is 32.4 Å². The van der Waals surface area contributed by atoms with Gasteiger partial charge < -0.3 is 14.8 Å². The van der Waals surface area contributed by atoms with Crippen LogP contribution in [0, 0.1) is 6.92 Å². The van der Waals surface area contributed by atoms with Crippen molar-refractivity contribution in [3.05, 3.63) is 38.6 Å². The second kappa shape index (κ2) is 5.17. The fraction of sp³-hybridized carbons (Fsp3) is 0.286. The lowest BCUT2D eigenvalue weighted by Crippen LogP contribution is -2.22. The number of hydrogen-bond acceptors (Lipinski definition) is 4. The Kier molecular flexibility index (Phi) is 3.72. The molecule has 0 aliphatic carbocycles. The summed E-state index contributed by atoms with van der Waals surface area (Å²) >= 11 is 6.13. The van der Waals surface area contributed by atoms with Crippen molar-refractivity contribution >= 4 is 28.5 Å². The molecular formula is C14H14ClNO4. The van der Waals surface area contributed by atoms with Crippen LogP contribution in [0.4, 0.5) is 0 Å². The number of aryl methyl sites for hydroxylation is 1. The molecule has 2 N–H and O–H groups in total. The Morgan fingerprint density at radius 3 is 2.65 bits per heavy atom. The van der Waals surface area contributed by atoms with Gasteiger partial charge in [0.2, 0.25) is 0 Å². The third-order valence-corrected chi connectivity index (χ3v) is 3.32. The predicted octanol–water partition coefficient (Wildman–Crippen LogP) is 2.76. The summed E-state index contributed by atoms with van der Waals surface area (Å²) in [5.41, 5.74) is -0.0480. The van der Waals surface area contributed by atoms with Crippen molar-refractivity contribution in [1.29, 1.82) is 0 Å². The molecule has 5 nitrogen and oxygen atoms in total. The third kappa shape index (κ3) is 2.36. The number of ether oxygens (including phenoxy) is 1. The van der Waals surface area contributed by atoms with Gasteiger partial charge in [-0.25, -0.2) is 4.79 Å². The number of fused-ring (bicyclic) bond motifs is 1. The van der Waals surface area contributed by atoms with E-state index in [0.717, 1.165) is 5.56 Å². The van der Waals surface area contributed by atoms with Gasteiger partial charge in [-0.15, -0.1) is 0 Å². The largest absolute Gasteiger partial charge is 0.506 e. The highest BCUT2D eigenvalue weighted by Crippen LogP contribution is 2.33. The van der Waals surface area contributed by atoms with Crippen LogP contribution in [0.5, 0.6) is 5.75 Å². The number of esters is 1. The monoisotopic (exact) mass is 295 g/mol. The number of aromatic amines is 1. The summed E-state index contributed by atoms with van der Waals surface area (Å²) in [4.78, 5) is 26.3. The fourth-order valence-electron chi connectivity index (χ4n) is 1.90. The predicted molar refractivity (Wildman–Crippen MR) is 76.5 cm³/mol. The lowest BCUT2D eigenvalue weighted by molar-refractivity contribution is 0.0373. The summed E-state index contributed by atoms with van der Waals surface area (Å²) in [6.07, 6.45) is -0.398. The molecule has 1 aromatic heterocycles. The Morgan fingerprint density at radius 1 is 1.40 bits per heavy atom. The lowest BCUT2D eigenvalue weighted by Gasteiger charge is -2.11. The van der Waals surface area contributed by atoms with Gasteiger partial charge in [0, 0.05) is 0 Å². The molecule has 6 heteroatoms. The second-order valence-corrected chi connectivity index (χ2v) is 5.13. The molecule has 0 unspecified atom stereocenters. The van der Waals surface area contributed by atoms with Crippen LogP contribution < -0.4 is 5.56 Å². The first kappa shape index (κ1) is 14.4. The van der Waals surface area contributed by atoms with Crippen molar-refractivity contribution < 1.29 is 14.6 Å². The molecule has 0 bridgehead atoms. The molecule has 1 aromatic carbocycles. The zero-order valence-corrected chi connectivity index (χ0v) is 12.0. The summed E-state index contributed by atoms with van der Waals surface area (Å²) in [5, 5.41) is 10.7. The molecule has 0 aliphatic rings. The summed E-state index contributed by atoms with van der Waals surface area (Å²) in [6.45, 7) is 5.07. The van der Waals surface area contributed by atoms with E-state index in [-0.39, 0.29) is 10.4 Å². The molecule has 0 spiro atoms. The van der Waals surface area contributed by atoms with Crippen LogP contribution >= 0.6 is 11.6 Å². The molecule has 0 atom stereocenters. The summed E-state index contributed by atoms with van der Waals surface area (Å²) in [6, 6.07) is 3.33. The van der Waals surface area contributed by atoms with Gasteiger partial charge in [0.1, 0.15) is 5.75 Å². The Balaban J connectivity index is 2.77. The normalized spacial score (nSPS) is 11.1. The fourth-order valence-corrected chi connectivity index (χ4v) is 2.15. The number of rotatable bonds is 2. The molecule has 0 fully saturated rings. The van der Waals surface area contributed by atoms with Crippen LogP contribution in [0.3, 0.4) is 0 Å². The highest BCUT2D eigenvalue weighted by Gasteiger charge is 2.23. The molecule has 2 aromatic rings. The van der Waals surface area contributed by atoms with Gasteiger partial charge in [0.25, 0.3) is 5.56 Å². The van der Waals surface area contributed by atoms with Crippen LogP contribution in [0.15, 0.2) is 16.9 Å². The quantitative estimate of drug-likeness (QED) is 0.835. The Bertz CT molecular complexity index is 749. The molecule has 2 rings (SSSR count). The number of pyridine rings is 1. The van der Waals surface area contributed by atoms with E-state index in [1.807, 2.05) is 0 Å². The second-order valence-electron chi connectivity index (χ2n) is 4.75. The van der Waals surface area contributed by atoms with Crippen LogP contribution in [-0.2, 0) is 4.74 Å². The summed E-state index contributed by atoms with van der Waals surface area (Å²) in [5.74, 6) is -1.33. The van der Waals surface area contributed by atoms with E-state index in [1.54, 1.807) is 32.9 Å². The SMILES string of the molecule is Cc1ccc2[nH]c(=O)c(C(=O)OC(C)C)c(O)c2c1Cl. The molecule has 0 saturated carbocycles. The maximum atomic E-state index is 11.9. The van der Waals surface area contributed by atoms with E-state index in [4.69, 9.17) is 16.3 Å². The van der Waals surface area contributed by atoms with Gasteiger partial charge in [-0.3, -0.25) is 4.79 Å². The molecule has 106 valence electrons. The lowest BCUT2D eigenvalue weighted by atomic mass is 10.1. The number of aromatic nitrogens is 1. The molecule has 20 heavy (non-hydrogen) atoms. The molecule has 0 amide bonds. The first-order valence-electron chi connectivity index (χ1n) is 6.08. The van der Waals surface area contributed by atoms with Crippen molar-refractivity contribution in [2.45, 2.75) is 26.9 Å². The van der Waals surface area contributed by atoms with Crippen molar-refractivity contribution in [3.8, 4) is 5.75 Å². The van der Waals surface area contributed by atoms with Crippen LogP contribution in [0.2, 0.25) is 5.02 Å². The van der Waals surface area contributed by atoms with E-state index in [0.29, 0.717) is 5.52 Å². The number of carbonyl (C=O) groups excluding carboxylic acids is 1. The van der Waals surface area contributed by atoms with Gasteiger partial charge in [0.05, 0.1) is 22.0 Å². The maximum Gasteiger partial charge on any atom is 0.347 e. The minimum Gasteiger partial charge on any atom is -0.506 e. The first-order chi connectivity index (χ1) is 9.32. The smallest absolute Gasteiger partial charge is 0.347 e. The minimum absolute atomic E-state index is 0.238. The maximum absolute atomic E-state index is 11.9. The minimum atomic E-state index is -0.877. The number of hydrogen-bond donors (Lipinski definition) is 2. The Labute approximate surface area is 120 Å². The summed E-state index contributed by atoms with van der Waals surface area (Å²) < 4.78 is 4.95. The van der Waals surface area contributed by atoms with Crippen LogP contribution in [0.25, 0.3) is 10.9 Å². The average Bonchev–Trinajstić information content (AvgIpc) is 2.32. The average molecular weight is 296 g/mol. The van der Waals surface area contributed by atoms with Crippen molar-refractivity contribution in [2.75, 3.05) is 0 Å². The number of benzene rings is 1. The standard InChI is InChI=1S/C14H14ClNO4/c1-6(2)20-14(19)10-12(17)9-8(16-13(10)18)5-4-7(3)11(9)15/h4-6H,1-3H3,(H2,16,17,18). The molecule has 1 heterocycles. The van der Waals surface area contributed by atoms with E-state index < -0.39 is 28.9 Å². The van der Waals surface area contributed by atoms with E-state index in [1.165, 1.54) is 0 Å². The molecule has 0 radical (unpaired) electrons. The molecule has 0 saturated heterocycles. The number of nitrogens with one attached hydrogen (secondary N) is 1. The van der Waals surface area contributed by atoms with Crippen LogP contribution in [0.1, 0.15) is 29.8 Å². The van der Waals surface area contributed by atoms with E-state index in [2.05, 4.69) is 4.98 Å². The third-order valence-electron chi connectivity index (χ3n) is 2.83.